The first-order chi connectivity index (χ1) is 12.7. The van der Waals surface area contributed by atoms with Crippen LogP contribution in [0.25, 0.3) is 0 Å². The number of rotatable bonds is 7. The summed E-state index contributed by atoms with van der Waals surface area (Å²) in [6.07, 6.45) is 3.15. The number of unbranched alkanes of at least 4 members (excludes halogenated alkanes) is 1. The third-order valence-electron chi connectivity index (χ3n) is 4.68. The van der Waals surface area contributed by atoms with Crippen molar-refractivity contribution in [1.29, 1.82) is 0 Å². The molecule has 1 heterocycles. The topological polar surface area (TPSA) is 49.4 Å². The molecule has 1 fully saturated rings. The Hall–Kier alpha value is -2.69. The van der Waals surface area contributed by atoms with E-state index in [-0.39, 0.29) is 17.6 Å². The van der Waals surface area contributed by atoms with Gasteiger partial charge in [-0.3, -0.25) is 14.5 Å². The Kier molecular flexibility index (Phi) is 6.00. The first-order valence-electron chi connectivity index (χ1n) is 9.05. The second-order valence-corrected chi connectivity index (χ2v) is 6.49. The van der Waals surface area contributed by atoms with Gasteiger partial charge in [-0.15, -0.1) is 0 Å². The number of hydrogen-bond donors (Lipinski definition) is 1. The van der Waals surface area contributed by atoms with E-state index in [1.807, 2.05) is 36.4 Å². The van der Waals surface area contributed by atoms with Crippen molar-refractivity contribution >= 4 is 17.5 Å². The highest BCUT2D eigenvalue weighted by Gasteiger charge is 2.36. The minimum atomic E-state index is -0.448. The molecule has 1 N–H and O–H groups in total. The number of nitrogens with one attached hydrogen (secondary N) is 1. The fourth-order valence-electron chi connectivity index (χ4n) is 3.32. The Morgan fingerprint density at radius 2 is 1.81 bits per heavy atom. The van der Waals surface area contributed by atoms with Gasteiger partial charge >= 0.3 is 0 Å². The predicted octanol–water partition coefficient (Wildman–Crippen LogP) is 3.46. The second-order valence-electron chi connectivity index (χ2n) is 6.49. The molecule has 1 unspecified atom stereocenters. The molecule has 0 radical (unpaired) electrons. The zero-order chi connectivity index (χ0) is 18.4. The number of carbonyl (C=O) groups excluding carboxylic acids is 2. The van der Waals surface area contributed by atoms with Crippen LogP contribution in [-0.4, -0.2) is 24.4 Å². The van der Waals surface area contributed by atoms with E-state index < -0.39 is 6.04 Å². The summed E-state index contributed by atoms with van der Waals surface area (Å²) in [6, 6.07) is 15.6. The van der Waals surface area contributed by atoms with Gasteiger partial charge in [0.15, 0.2) is 0 Å². The van der Waals surface area contributed by atoms with Gasteiger partial charge in [0.05, 0.1) is 0 Å². The predicted molar refractivity (Wildman–Crippen MR) is 99.3 cm³/mol. The summed E-state index contributed by atoms with van der Waals surface area (Å²) in [6.45, 7) is 0.528. The zero-order valence-electron chi connectivity index (χ0n) is 14.7. The van der Waals surface area contributed by atoms with E-state index >= 15 is 0 Å². The Labute approximate surface area is 153 Å². The lowest BCUT2D eigenvalue weighted by molar-refractivity contribution is -0.123. The Morgan fingerprint density at radius 3 is 2.58 bits per heavy atom. The van der Waals surface area contributed by atoms with E-state index in [0.29, 0.717) is 31.4 Å². The third-order valence-corrected chi connectivity index (χ3v) is 4.68. The number of para-hydroxylation sites is 1. The number of aryl methyl sites for hydroxylation is 1. The number of benzene rings is 2. The maximum Gasteiger partial charge on any atom is 0.243 e. The number of amides is 2. The lowest BCUT2D eigenvalue weighted by Crippen LogP contribution is -2.45. The van der Waals surface area contributed by atoms with Gasteiger partial charge in [-0.25, -0.2) is 4.39 Å². The van der Waals surface area contributed by atoms with Crippen LogP contribution in [-0.2, 0) is 16.0 Å². The van der Waals surface area contributed by atoms with E-state index in [1.54, 1.807) is 17.0 Å². The van der Waals surface area contributed by atoms with E-state index in [1.165, 1.54) is 6.07 Å². The second kappa shape index (κ2) is 8.61. The van der Waals surface area contributed by atoms with E-state index in [0.717, 1.165) is 18.5 Å². The minimum Gasteiger partial charge on any atom is -0.354 e. The zero-order valence-corrected chi connectivity index (χ0v) is 14.7. The van der Waals surface area contributed by atoms with Crippen LogP contribution < -0.4 is 10.2 Å². The molecule has 5 heteroatoms. The van der Waals surface area contributed by atoms with Crippen molar-refractivity contribution in [2.24, 2.45) is 0 Å². The molecule has 0 aliphatic carbocycles. The molecule has 0 bridgehead atoms. The Morgan fingerprint density at radius 1 is 1.08 bits per heavy atom. The molecule has 0 aromatic heterocycles. The van der Waals surface area contributed by atoms with Crippen LogP contribution in [0.2, 0.25) is 0 Å². The first-order valence-corrected chi connectivity index (χ1v) is 9.05. The van der Waals surface area contributed by atoms with Gasteiger partial charge in [0.1, 0.15) is 11.9 Å². The van der Waals surface area contributed by atoms with Gasteiger partial charge in [0, 0.05) is 18.7 Å². The van der Waals surface area contributed by atoms with Crippen LogP contribution in [0.15, 0.2) is 54.6 Å². The molecular formula is C21H23FN2O2. The summed E-state index contributed by atoms with van der Waals surface area (Å²) in [5.74, 6) is -0.319. The van der Waals surface area contributed by atoms with Crippen LogP contribution >= 0.6 is 0 Å². The van der Waals surface area contributed by atoms with Crippen molar-refractivity contribution in [1.82, 2.24) is 5.32 Å². The standard InChI is InChI=1S/C21H23FN2O2/c22-18-12-5-4-8-16(18)9-6-7-15-23-21(26)19-13-14-20(25)24(19)17-10-2-1-3-11-17/h1-5,8,10-12,19H,6-7,9,13-15H2,(H,23,26). The first kappa shape index (κ1) is 18.1. The van der Waals surface area contributed by atoms with Gasteiger partial charge in [-0.1, -0.05) is 36.4 Å². The fraction of sp³-hybridized carbons (Fsp3) is 0.333. The van der Waals surface area contributed by atoms with E-state index in [4.69, 9.17) is 0 Å². The molecule has 26 heavy (non-hydrogen) atoms. The molecule has 1 saturated heterocycles. The van der Waals surface area contributed by atoms with E-state index in [9.17, 15) is 14.0 Å². The molecule has 136 valence electrons. The number of nitrogens with zero attached hydrogens (tertiary/aromatic N) is 1. The monoisotopic (exact) mass is 354 g/mol. The van der Waals surface area contributed by atoms with Crippen LogP contribution in [0.1, 0.15) is 31.2 Å². The number of halogens is 1. The quantitative estimate of drug-likeness (QED) is 0.774. The lowest BCUT2D eigenvalue weighted by atomic mass is 10.1. The van der Waals surface area contributed by atoms with Crippen molar-refractivity contribution in [3.63, 3.8) is 0 Å². The summed E-state index contributed by atoms with van der Waals surface area (Å²) >= 11 is 0. The Bertz CT molecular complexity index is 764. The molecule has 1 aliphatic heterocycles. The van der Waals surface area contributed by atoms with Gasteiger partial charge in [-0.2, -0.15) is 0 Å². The highest BCUT2D eigenvalue weighted by Crippen LogP contribution is 2.26. The molecule has 3 rings (SSSR count). The lowest BCUT2D eigenvalue weighted by Gasteiger charge is -2.24. The third kappa shape index (κ3) is 4.28. The summed E-state index contributed by atoms with van der Waals surface area (Å²) < 4.78 is 13.6. The highest BCUT2D eigenvalue weighted by atomic mass is 19.1. The molecule has 1 aliphatic rings. The van der Waals surface area contributed by atoms with Gasteiger partial charge < -0.3 is 5.32 Å². The Balaban J connectivity index is 1.47. The van der Waals surface area contributed by atoms with Crippen LogP contribution in [0.3, 0.4) is 0 Å². The smallest absolute Gasteiger partial charge is 0.243 e. The van der Waals surface area contributed by atoms with Crippen LogP contribution in [0.5, 0.6) is 0 Å². The average molecular weight is 354 g/mol. The molecule has 2 aromatic rings. The normalized spacial score (nSPS) is 16.7. The summed E-state index contributed by atoms with van der Waals surface area (Å²) in [5, 5.41) is 2.92. The molecule has 2 amide bonds. The summed E-state index contributed by atoms with van der Waals surface area (Å²) in [7, 11) is 0. The summed E-state index contributed by atoms with van der Waals surface area (Å²) in [5.41, 5.74) is 1.46. The molecule has 0 spiro atoms. The molecular weight excluding hydrogens is 331 g/mol. The molecule has 0 saturated carbocycles. The van der Waals surface area contributed by atoms with Crippen LogP contribution in [0, 0.1) is 5.82 Å². The maximum absolute atomic E-state index is 13.6. The molecule has 2 aromatic carbocycles. The van der Waals surface area contributed by atoms with Gasteiger partial charge in [0.2, 0.25) is 11.8 Å². The number of carbonyl (C=O) groups is 2. The van der Waals surface area contributed by atoms with E-state index in [2.05, 4.69) is 5.32 Å². The maximum atomic E-state index is 13.6. The average Bonchev–Trinajstić information content (AvgIpc) is 3.05. The van der Waals surface area contributed by atoms with Crippen molar-refractivity contribution in [3.8, 4) is 0 Å². The summed E-state index contributed by atoms with van der Waals surface area (Å²) in [4.78, 5) is 26.3. The van der Waals surface area contributed by atoms with Crippen molar-refractivity contribution in [3.05, 3.63) is 66.0 Å². The largest absolute Gasteiger partial charge is 0.354 e. The van der Waals surface area contributed by atoms with Crippen molar-refractivity contribution in [2.45, 2.75) is 38.1 Å². The SMILES string of the molecule is O=C(NCCCCc1ccccc1F)C1CCC(=O)N1c1ccccc1. The number of hydrogen-bond acceptors (Lipinski definition) is 2. The highest BCUT2D eigenvalue weighted by molar-refractivity contribution is 6.03. The minimum absolute atomic E-state index is 0.0177. The number of anilines is 1. The molecule has 1 atom stereocenters. The van der Waals surface area contributed by atoms with Crippen LogP contribution in [0.4, 0.5) is 10.1 Å². The fourth-order valence-corrected chi connectivity index (χ4v) is 3.32. The van der Waals surface area contributed by atoms with Crippen molar-refractivity contribution < 1.29 is 14.0 Å². The van der Waals surface area contributed by atoms with Gasteiger partial charge in [0.25, 0.3) is 0 Å². The van der Waals surface area contributed by atoms with Crippen molar-refractivity contribution in [2.75, 3.05) is 11.4 Å². The molecule has 4 nitrogen and oxygen atoms in total. The van der Waals surface area contributed by atoms with Gasteiger partial charge in [-0.05, 0) is 49.4 Å².